The maximum Gasteiger partial charge on any atom is 0.228 e. The van der Waals surface area contributed by atoms with Crippen molar-refractivity contribution in [1.29, 1.82) is 0 Å². The molecule has 5 heteroatoms. The van der Waals surface area contributed by atoms with Crippen LogP contribution in [0.1, 0.15) is 18.0 Å². The van der Waals surface area contributed by atoms with Gasteiger partial charge in [-0.2, -0.15) is 0 Å². The van der Waals surface area contributed by atoms with Gasteiger partial charge in [0.1, 0.15) is 0 Å². The van der Waals surface area contributed by atoms with Gasteiger partial charge in [-0.25, -0.2) is 4.98 Å². The summed E-state index contributed by atoms with van der Waals surface area (Å²) in [6.45, 7) is 1.66. The van der Waals surface area contributed by atoms with E-state index in [0.29, 0.717) is 6.42 Å². The van der Waals surface area contributed by atoms with E-state index in [4.69, 9.17) is 0 Å². The highest BCUT2D eigenvalue weighted by Gasteiger charge is 2.28. The average molecular weight is 270 g/mol. The summed E-state index contributed by atoms with van der Waals surface area (Å²) >= 11 is 0. The molecule has 0 radical (unpaired) electrons. The number of benzene rings is 1. The molecule has 0 saturated heterocycles. The van der Waals surface area contributed by atoms with Crippen molar-refractivity contribution in [2.24, 2.45) is 0 Å². The molecule has 2 heterocycles. The van der Waals surface area contributed by atoms with Gasteiger partial charge in [-0.3, -0.25) is 4.79 Å². The van der Waals surface area contributed by atoms with Crippen molar-refractivity contribution < 1.29 is 4.79 Å². The molecule has 20 heavy (non-hydrogen) atoms. The van der Waals surface area contributed by atoms with Crippen molar-refractivity contribution in [2.45, 2.75) is 19.0 Å². The molecule has 3 rings (SSSR count). The number of imidazole rings is 1. The summed E-state index contributed by atoms with van der Waals surface area (Å²) in [7, 11) is 1.84. The normalized spacial score (nSPS) is 18.1. The molecule has 1 unspecified atom stereocenters. The van der Waals surface area contributed by atoms with Crippen LogP contribution in [-0.4, -0.2) is 29.1 Å². The van der Waals surface area contributed by atoms with Gasteiger partial charge in [0.25, 0.3) is 0 Å². The van der Waals surface area contributed by atoms with Crippen LogP contribution >= 0.6 is 0 Å². The Labute approximate surface area is 118 Å². The Morgan fingerprint density at radius 1 is 1.40 bits per heavy atom. The van der Waals surface area contributed by atoms with E-state index in [1.54, 1.807) is 17.4 Å². The number of aromatic nitrogens is 2. The second-order valence-corrected chi connectivity index (χ2v) is 5.02. The van der Waals surface area contributed by atoms with Crippen molar-refractivity contribution in [1.82, 2.24) is 14.9 Å². The van der Waals surface area contributed by atoms with Crippen molar-refractivity contribution in [3.63, 3.8) is 0 Å². The molecule has 2 aromatic rings. The first-order chi connectivity index (χ1) is 9.75. The van der Waals surface area contributed by atoms with Gasteiger partial charge in [-0.05, 0) is 11.6 Å². The number of rotatable bonds is 4. The lowest BCUT2D eigenvalue weighted by Crippen LogP contribution is -2.38. The smallest absolute Gasteiger partial charge is 0.228 e. The van der Waals surface area contributed by atoms with Crippen LogP contribution in [0.2, 0.25) is 0 Å². The second kappa shape index (κ2) is 5.46. The number of hydrogen-bond donors (Lipinski definition) is 1. The monoisotopic (exact) mass is 270 g/mol. The summed E-state index contributed by atoms with van der Waals surface area (Å²) in [5, 5.41) is 3.47. The Hall–Kier alpha value is -2.14. The predicted molar refractivity (Wildman–Crippen MR) is 77.4 cm³/mol. The highest BCUT2D eigenvalue weighted by atomic mass is 16.2. The SMILES string of the molecule is CN1C(=O)CC(NCCn2ccnc2)c2ccccc21. The van der Waals surface area contributed by atoms with Gasteiger partial charge < -0.3 is 14.8 Å². The van der Waals surface area contributed by atoms with Gasteiger partial charge in [0, 0.05) is 50.7 Å². The van der Waals surface area contributed by atoms with E-state index >= 15 is 0 Å². The van der Waals surface area contributed by atoms with Crippen LogP contribution in [0.3, 0.4) is 0 Å². The van der Waals surface area contributed by atoms with Crippen molar-refractivity contribution in [2.75, 3.05) is 18.5 Å². The quantitative estimate of drug-likeness (QED) is 0.917. The van der Waals surface area contributed by atoms with Crippen molar-refractivity contribution in [3.05, 3.63) is 48.5 Å². The Bertz CT molecular complexity index is 594. The van der Waals surface area contributed by atoms with Crippen LogP contribution in [0.25, 0.3) is 0 Å². The number of carbonyl (C=O) groups excluding carboxylic acids is 1. The number of carbonyl (C=O) groups is 1. The minimum absolute atomic E-state index is 0.0958. The molecular formula is C15H18N4O. The minimum atomic E-state index is 0.0958. The highest BCUT2D eigenvalue weighted by molar-refractivity contribution is 5.96. The number of fused-ring (bicyclic) bond motifs is 1. The fourth-order valence-electron chi connectivity index (χ4n) is 2.61. The molecule has 1 atom stereocenters. The van der Waals surface area contributed by atoms with Gasteiger partial charge in [0.2, 0.25) is 5.91 Å². The van der Waals surface area contributed by atoms with E-state index in [-0.39, 0.29) is 11.9 Å². The predicted octanol–water partition coefficient (Wildman–Crippen LogP) is 1.58. The highest BCUT2D eigenvalue weighted by Crippen LogP contribution is 2.33. The Morgan fingerprint density at radius 3 is 3.05 bits per heavy atom. The fraction of sp³-hybridized carbons (Fsp3) is 0.333. The van der Waals surface area contributed by atoms with Crippen molar-refractivity contribution in [3.8, 4) is 0 Å². The van der Waals surface area contributed by atoms with Crippen LogP contribution in [0.4, 0.5) is 5.69 Å². The molecule has 1 aromatic carbocycles. The van der Waals surface area contributed by atoms with Crippen molar-refractivity contribution >= 4 is 11.6 Å². The molecular weight excluding hydrogens is 252 g/mol. The van der Waals surface area contributed by atoms with Crippen LogP contribution < -0.4 is 10.2 Å². The second-order valence-electron chi connectivity index (χ2n) is 5.02. The number of nitrogens with one attached hydrogen (secondary N) is 1. The van der Waals surface area contributed by atoms with E-state index in [2.05, 4.69) is 16.4 Å². The third-order valence-corrected chi connectivity index (χ3v) is 3.75. The summed E-state index contributed by atoms with van der Waals surface area (Å²) in [6, 6.07) is 8.17. The van der Waals surface area contributed by atoms with E-state index < -0.39 is 0 Å². The molecule has 1 N–H and O–H groups in total. The number of anilines is 1. The van der Waals surface area contributed by atoms with Gasteiger partial charge in [0.05, 0.1) is 6.33 Å². The lowest BCUT2D eigenvalue weighted by atomic mass is 9.96. The minimum Gasteiger partial charge on any atom is -0.336 e. The Balaban J connectivity index is 1.70. The maximum atomic E-state index is 12.0. The molecule has 0 bridgehead atoms. The summed E-state index contributed by atoms with van der Waals surface area (Å²) in [5.74, 6) is 0.156. The molecule has 104 valence electrons. The number of amides is 1. The Morgan fingerprint density at radius 2 is 2.25 bits per heavy atom. The van der Waals surface area contributed by atoms with E-state index in [1.807, 2.05) is 36.0 Å². The van der Waals surface area contributed by atoms with Gasteiger partial charge in [0.15, 0.2) is 0 Å². The lowest BCUT2D eigenvalue weighted by Gasteiger charge is -2.32. The third-order valence-electron chi connectivity index (χ3n) is 3.75. The average Bonchev–Trinajstić information content (AvgIpc) is 2.97. The molecule has 1 aromatic heterocycles. The number of para-hydroxylation sites is 1. The zero-order chi connectivity index (χ0) is 13.9. The van der Waals surface area contributed by atoms with Crippen LogP contribution in [0.15, 0.2) is 43.0 Å². The molecule has 0 spiro atoms. The molecule has 1 amide bonds. The van der Waals surface area contributed by atoms with Crippen LogP contribution in [-0.2, 0) is 11.3 Å². The molecule has 1 aliphatic heterocycles. The number of nitrogens with zero attached hydrogens (tertiary/aromatic N) is 3. The van der Waals surface area contributed by atoms with E-state index in [0.717, 1.165) is 18.8 Å². The summed E-state index contributed by atoms with van der Waals surface area (Å²) < 4.78 is 2.02. The first-order valence-electron chi connectivity index (χ1n) is 6.80. The van der Waals surface area contributed by atoms with Crippen LogP contribution in [0, 0.1) is 0 Å². The maximum absolute atomic E-state index is 12.0. The zero-order valence-corrected chi connectivity index (χ0v) is 11.5. The standard InChI is InChI=1S/C15H18N4O/c1-18-14-5-3-2-4-12(14)13(10-15(18)20)17-7-9-19-8-6-16-11-19/h2-6,8,11,13,17H,7,9-10H2,1H3. The first kappa shape index (κ1) is 12.9. The third kappa shape index (κ3) is 2.44. The molecule has 5 nitrogen and oxygen atoms in total. The largest absolute Gasteiger partial charge is 0.336 e. The Kier molecular flexibility index (Phi) is 3.52. The fourth-order valence-corrected chi connectivity index (χ4v) is 2.61. The topological polar surface area (TPSA) is 50.2 Å². The molecule has 1 aliphatic rings. The van der Waals surface area contributed by atoms with E-state index in [9.17, 15) is 4.79 Å². The van der Waals surface area contributed by atoms with Crippen LogP contribution in [0.5, 0.6) is 0 Å². The zero-order valence-electron chi connectivity index (χ0n) is 11.5. The first-order valence-corrected chi connectivity index (χ1v) is 6.80. The molecule has 0 aliphatic carbocycles. The summed E-state index contributed by atoms with van der Waals surface area (Å²) in [4.78, 5) is 17.8. The summed E-state index contributed by atoms with van der Waals surface area (Å²) in [6.07, 6.45) is 6.02. The molecule has 0 saturated carbocycles. The van der Waals surface area contributed by atoms with Gasteiger partial charge >= 0.3 is 0 Å². The summed E-state index contributed by atoms with van der Waals surface area (Å²) in [5.41, 5.74) is 2.20. The van der Waals surface area contributed by atoms with Gasteiger partial charge in [-0.15, -0.1) is 0 Å². The van der Waals surface area contributed by atoms with Gasteiger partial charge in [-0.1, -0.05) is 18.2 Å². The molecule has 0 fully saturated rings. The lowest BCUT2D eigenvalue weighted by molar-refractivity contribution is -0.119. The van der Waals surface area contributed by atoms with E-state index in [1.165, 1.54) is 5.56 Å². The number of hydrogen-bond acceptors (Lipinski definition) is 3.